The Morgan fingerprint density at radius 2 is 1.30 bits per heavy atom. The van der Waals surface area contributed by atoms with Crippen LogP contribution in [0.5, 0.6) is 0 Å². The predicted octanol–water partition coefficient (Wildman–Crippen LogP) is 5.33. The lowest BCUT2D eigenvalue weighted by Gasteiger charge is -2.09. The molecule has 0 bridgehead atoms. The van der Waals surface area contributed by atoms with Crippen molar-refractivity contribution in [2.24, 2.45) is 0 Å². The van der Waals surface area contributed by atoms with Crippen LogP contribution in [-0.2, 0) is 0 Å². The van der Waals surface area contributed by atoms with Crippen molar-refractivity contribution in [1.29, 1.82) is 0 Å². The molecule has 0 unspecified atom stereocenters. The molecule has 4 rings (SSSR count). The molecule has 0 fully saturated rings. The van der Waals surface area contributed by atoms with E-state index >= 15 is 0 Å². The molecule has 0 saturated carbocycles. The molecule has 2 N–H and O–H groups in total. The summed E-state index contributed by atoms with van der Waals surface area (Å²) in [6, 6.07) is 23.9. The maximum Gasteiger partial charge on any atom is 0.132 e. The summed E-state index contributed by atoms with van der Waals surface area (Å²) < 4.78 is 0. The molecular formula is C22H19N5. The van der Waals surface area contributed by atoms with Gasteiger partial charge in [0.05, 0.1) is 0 Å². The van der Waals surface area contributed by atoms with E-state index in [0.29, 0.717) is 0 Å². The number of hydrogen-bond donors (Lipinski definition) is 2. The summed E-state index contributed by atoms with van der Waals surface area (Å²) >= 11 is 0. The second-order valence-electron chi connectivity index (χ2n) is 6.14. The highest BCUT2D eigenvalue weighted by Gasteiger charge is 2.04. The van der Waals surface area contributed by atoms with Crippen molar-refractivity contribution >= 4 is 23.1 Å². The Kier molecular flexibility index (Phi) is 4.74. The molecule has 0 spiro atoms. The van der Waals surface area contributed by atoms with E-state index in [2.05, 4.69) is 25.6 Å². The Bertz CT molecular complexity index is 1050. The fourth-order valence-corrected chi connectivity index (χ4v) is 2.77. The van der Waals surface area contributed by atoms with Gasteiger partial charge in [0, 0.05) is 23.8 Å². The molecular weight excluding hydrogens is 334 g/mol. The lowest BCUT2D eigenvalue weighted by molar-refractivity contribution is 1.18. The van der Waals surface area contributed by atoms with Gasteiger partial charge in [-0.2, -0.15) is 0 Å². The normalized spacial score (nSPS) is 10.4. The number of nitrogens with zero attached hydrogens (tertiary/aromatic N) is 3. The molecule has 0 atom stereocenters. The number of para-hydroxylation sites is 1. The van der Waals surface area contributed by atoms with Crippen LogP contribution in [0.1, 0.15) is 5.69 Å². The van der Waals surface area contributed by atoms with Gasteiger partial charge in [-0.3, -0.25) is 0 Å². The van der Waals surface area contributed by atoms with Crippen molar-refractivity contribution < 1.29 is 0 Å². The number of aromatic nitrogens is 3. The summed E-state index contributed by atoms with van der Waals surface area (Å²) in [5.74, 6) is 2.33. The number of anilines is 4. The van der Waals surface area contributed by atoms with Gasteiger partial charge in [0.15, 0.2) is 0 Å². The van der Waals surface area contributed by atoms with Crippen LogP contribution in [0.3, 0.4) is 0 Å². The Balaban J connectivity index is 1.57. The molecule has 1 aromatic carbocycles. The Hall–Kier alpha value is -3.73. The van der Waals surface area contributed by atoms with Crippen molar-refractivity contribution in [3.05, 3.63) is 90.9 Å². The molecule has 0 aliphatic carbocycles. The van der Waals surface area contributed by atoms with E-state index in [-0.39, 0.29) is 0 Å². The number of rotatable bonds is 5. The van der Waals surface area contributed by atoms with Crippen molar-refractivity contribution in [2.75, 3.05) is 10.6 Å². The highest BCUT2D eigenvalue weighted by Crippen LogP contribution is 2.25. The van der Waals surface area contributed by atoms with Gasteiger partial charge in [-0.15, -0.1) is 0 Å². The summed E-state index contributed by atoms with van der Waals surface area (Å²) in [5.41, 5.74) is 4.08. The first-order valence-corrected chi connectivity index (χ1v) is 8.71. The van der Waals surface area contributed by atoms with Gasteiger partial charge in [0.25, 0.3) is 0 Å². The molecule has 3 aromatic heterocycles. The Labute approximate surface area is 158 Å². The summed E-state index contributed by atoms with van der Waals surface area (Å²) in [6.07, 6.45) is 3.59. The van der Waals surface area contributed by atoms with Crippen molar-refractivity contribution in [3.63, 3.8) is 0 Å². The van der Waals surface area contributed by atoms with E-state index in [1.807, 2.05) is 79.7 Å². The number of aryl methyl sites for hydroxylation is 1. The summed E-state index contributed by atoms with van der Waals surface area (Å²) in [6.45, 7) is 1.97. The van der Waals surface area contributed by atoms with Crippen LogP contribution in [0.4, 0.5) is 23.1 Å². The highest BCUT2D eigenvalue weighted by atomic mass is 15.1. The van der Waals surface area contributed by atoms with Gasteiger partial charge in [-0.1, -0.05) is 24.3 Å². The van der Waals surface area contributed by atoms with Crippen molar-refractivity contribution in [3.8, 4) is 11.1 Å². The van der Waals surface area contributed by atoms with Crippen LogP contribution in [0.25, 0.3) is 11.1 Å². The highest BCUT2D eigenvalue weighted by molar-refractivity contribution is 5.71. The number of hydrogen-bond acceptors (Lipinski definition) is 5. The monoisotopic (exact) mass is 353 g/mol. The topological polar surface area (TPSA) is 62.7 Å². The Morgan fingerprint density at radius 1 is 0.630 bits per heavy atom. The first-order chi connectivity index (χ1) is 13.3. The molecule has 0 aliphatic rings. The van der Waals surface area contributed by atoms with Gasteiger partial charge in [0.1, 0.15) is 17.5 Å². The minimum absolute atomic E-state index is 0.750. The molecule has 4 aromatic rings. The molecule has 5 nitrogen and oxygen atoms in total. The molecule has 0 aliphatic heterocycles. The van der Waals surface area contributed by atoms with Gasteiger partial charge in [-0.05, 0) is 66.6 Å². The second-order valence-corrected chi connectivity index (χ2v) is 6.14. The summed E-state index contributed by atoms with van der Waals surface area (Å²) in [7, 11) is 0. The number of pyridine rings is 3. The smallest absolute Gasteiger partial charge is 0.132 e. The zero-order chi connectivity index (χ0) is 18.5. The standard InChI is InChI=1S/C22H19N5/c1-16-6-5-9-20(25-16)27-22-15-18(11-13-24-22)17-10-12-23-21(14-17)26-19-7-3-2-4-8-19/h2-15H,1H3,(H,23,26)(H,24,25,27). The predicted molar refractivity (Wildman–Crippen MR) is 109 cm³/mol. The fraction of sp³-hybridized carbons (Fsp3) is 0.0455. The third kappa shape index (κ3) is 4.27. The van der Waals surface area contributed by atoms with Crippen LogP contribution in [0.2, 0.25) is 0 Å². The first-order valence-electron chi connectivity index (χ1n) is 8.71. The fourth-order valence-electron chi connectivity index (χ4n) is 2.77. The van der Waals surface area contributed by atoms with E-state index in [4.69, 9.17) is 0 Å². The average Bonchev–Trinajstić information content (AvgIpc) is 2.69. The van der Waals surface area contributed by atoms with Crippen molar-refractivity contribution in [2.45, 2.75) is 6.92 Å². The molecule has 132 valence electrons. The summed E-state index contributed by atoms with van der Waals surface area (Å²) in [4.78, 5) is 13.3. The SMILES string of the molecule is Cc1cccc(Nc2cc(-c3ccnc(Nc4ccccc4)c3)ccn2)n1. The maximum atomic E-state index is 4.46. The van der Waals surface area contributed by atoms with E-state index in [9.17, 15) is 0 Å². The molecule has 3 heterocycles. The number of nitrogens with one attached hydrogen (secondary N) is 2. The quantitative estimate of drug-likeness (QED) is 0.507. The van der Waals surface area contributed by atoms with Crippen LogP contribution < -0.4 is 10.6 Å². The van der Waals surface area contributed by atoms with E-state index in [1.165, 1.54) is 0 Å². The third-order valence-electron chi connectivity index (χ3n) is 4.04. The van der Waals surface area contributed by atoms with Crippen LogP contribution in [0, 0.1) is 6.92 Å². The van der Waals surface area contributed by atoms with Gasteiger partial charge >= 0.3 is 0 Å². The molecule has 0 radical (unpaired) electrons. The van der Waals surface area contributed by atoms with Crippen LogP contribution in [-0.4, -0.2) is 15.0 Å². The summed E-state index contributed by atoms with van der Waals surface area (Å²) in [5, 5.41) is 6.58. The van der Waals surface area contributed by atoms with Gasteiger partial charge < -0.3 is 10.6 Å². The average molecular weight is 353 g/mol. The first kappa shape index (κ1) is 16.7. The molecule has 0 saturated heterocycles. The lowest BCUT2D eigenvalue weighted by Crippen LogP contribution is -1.97. The Morgan fingerprint density at radius 3 is 1.96 bits per heavy atom. The molecule has 5 heteroatoms. The zero-order valence-corrected chi connectivity index (χ0v) is 14.9. The minimum Gasteiger partial charge on any atom is -0.340 e. The van der Waals surface area contributed by atoms with Crippen molar-refractivity contribution in [1.82, 2.24) is 15.0 Å². The van der Waals surface area contributed by atoms with Crippen LogP contribution in [0.15, 0.2) is 85.2 Å². The number of benzene rings is 1. The largest absolute Gasteiger partial charge is 0.340 e. The van der Waals surface area contributed by atoms with E-state index in [0.717, 1.165) is 40.0 Å². The van der Waals surface area contributed by atoms with Gasteiger partial charge in [-0.25, -0.2) is 15.0 Å². The van der Waals surface area contributed by atoms with E-state index in [1.54, 1.807) is 12.4 Å². The zero-order valence-electron chi connectivity index (χ0n) is 14.9. The minimum atomic E-state index is 0.750. The third-order valence-corrected chi connectivity index (χ3v) is 4.04. The lowest BCUT2D eigenvalue weighted by atomic mass is 10.1. The maximum absolute atomic E-state index is 4.46. The molecule has 27 heavy (non-hydrogen) atoms. The van der Waals surface area contributed by atoms with E-state index < -0.39 is 0 Å². The molecule has 0 amide bonds. The van der Waals surface area contributed by atoms with Gasteiger partial charge in [0.2, 0.25) is 0 Å². The second kappa shape index (κ2) is 7.66. The van der Waals surface area contributed by atoms with Crippen LogP contribution >= 0.6 is 0 Å².